The molecule has 0 aliphatic heterocycles. The molecule has 0 aliphatic carbocycles. The van der Waals surface area contributed by atoms with Crippen molar-refractivity contribution in [1.29, 1.82) is 0 Å². The number of thiophene rings is 1. The zero-order valence-electron chi connectivity index (χ0n) is 15.1. The molecule has 0 saturated carbocycles. The molecular weight excluding hydrogens is 334 g/mol. The SMILES string of the molecule is CCn1cnc2sc(C(=O)Nc3c(C)cc(C)cc3C)c(C)c2c1=O. The van der Waals surface area contributed by atoms with E-state index in [1.54, 1.807) is 4.57 Å². The third kappa shape index (κ3) is 2.98. The molecule has 0 atom stereocenters. The van der Waals surface area contributed by atoms with Gasteiger partial charge in [-0.1, -0.05) is 17.7 Å². The van der Waals surface area contributed by atoms with Crippen LogP contribution in [0, 0.1) is 27.7 Å². The Morgan fingerprint density at radius 3 is 2.44 bits per heavy atom. The number of anilines is 1. The minimum atomic E-state index is -0.196. The number of rotatable bonds is 3. The van der Waals surface area contributed by atoms with Gasteiger partial charge in [-0.15, -0.1) is 11.3 Å². The van der Waals surface area contributed by atoms with E-state index in [2.05, 4.69) is 10.3 Å². The van der Waals surface area contributed by atoms with Gasteiger partial charge in [-0.05, 0) is 51.3 Å². The van der Waals surface area contributed by atoms with Gasteiger partial charge in [-0.25, -0.2) is 4.98 Å². The summed E-state index contributed by atoms with van der Waals surface area (Å²) in [5, 5.41) is 3.55. The fraction of sp³-hybridized carbons (Fsp3) is 0.316. The molecule has 3 rings (SSSR count). The molecule has 0 unspecified atom stereocenters. The van der Waals surface area contributed by atoms with Gasteiger partial charge in [0, 0.05) is 12.2 Å². The van der Waals surface area contributed by atoms with E-state index < -0.39 is 0 Å². The Balaban J connectivity index is 2.06. The van der Waals surface area contributed by atoms with Crippen LogP contribution in [0.5, 0.6) is 0 Å². The van der Waals surface area contributed by atoms with Gasteiger partial charge in [0.1, 0.15) is 4.83 Å². The summed E-state index contributed by atoms with van der Waals surface area (Å²) in [4.78, 5) is 30.8. The van der Waals surface area contributed by atoms with E-state index >= 15 is 0 Å². The molecule has 0 saturated heterocycles. The van der Waals surface area contributed by atoms with Crippen molar-refractivity contribution in [1.82, 2.24) is 9.55 Å². The van der Waals surface area contributed by atoms with Crippen LogP contribution in [0.1, 0.15) is 38.8 Å². The molecule has 0 spiro atoms. The van der Waals surface area contributed by atoms with Gasteiger partial charge in [-0.3, -0.25) is 14.2 Å². The summed E-state index contributed by atoms with van der Waals surface area (Å²) < 4.78 is 1.55. The first-order valence-electron chi connectivity index (χ1n) is 8.21. The van der Waals surface area contributed by atoms with Gasteiger partial charge in [0.05, 0.1) is 16.6 Å². The zero-order valence-corrected chi connectivity index (χ0v) is 15.9. The first kappa shape index (κ1) is 17.4. The lowest BCUT2D eigenvalue weighted by atomic mass is 10.0. The molecule has 0 aliphatic rings. The second-order valence-electron chi connectivity index (χ2n) is 6.30. The molecule has 3 aromatic rings. The Kier molecular flexibility index (Phi) is 4.47. The molecule has 1 aromatic carbocycles. The average Bonchev–Trinajstić information content (AvgIpc) is 2.89. The minimum Gasteiger partial charge on any atom is -0.321 e. The lowest BCUT2D eigenvalue weighted by Gasteiger charge is -2.12. The summed E-state index contributed by atoms with van der Waals surface area (Å²) in [5.74, 6) is -0.196. The van der Waals surface area contributed by atoms with E-state index in [0.29, 0.717) is 27.2 Å². The number of hydrogen-bond acceptors (Lipinski definition) is 4. The lowest BCUT2D eigenvalue weighted by Crippen LogP contribution is -2.19. The van der Waals surface area contributed by atoms with Crippen molar-refractivity contribution < 1.29 is 4.79 Å². The summed E-state index contributed by atoms with van der Waals surface area (Å²) in [6.07, 6.45) is 1.54. The molecule has 5 nitrogen and oxygen atoms in total. The van der Waals surface area contributed by atoms with Crippen LogP contribution in [0.25, 0.3) is 10.2 Å². The summed E-state index contributed by atoms with van der Waals surface area (Å²) in [6.45, 7) is 10.3. The summed E-state index contributed by atoms with van der Waals surface area (Å²) in [6, 6.07) is 4.09. The average molecular weight is 355 g/mol. The Labute approximate surface area is 150 Å². The predicted octanol–water partition coefficient (Wildman–Crippen LogP) is 3.96. The molecule has 2 aromatic heterocycles. The fourth-order valence-electron chi connectivity index (χ4n) is 3.15. The predicted molar refractivity (Wildman–Crippen MR) is 103 cm³/mol. The minimum absolute atomic E-state index is 0.0944. The van der Waals surface area contributed by atoms with Crippen molar-refractivity contribution in [2.24, 2.45) is 0 Å². The maximum atomic E-state index is 12.8. The van der Waals surface area contributed by atoms with Crippen LogP contribution in [0.2, 0.25) is 0 Å². The van der Waals surface area contributed by atoms with Crippen molar-refractivity contribution in [2.75, 3.05) is 5.32 Å². The zero-order chi connectivity index (χ0) is 18.3. The number of nitrogens with one attached hydrogen (secondary N) is 1. The standard InChI is InChI=1S/C19H21N3O2S/c1-6-22-9-20-18-14(19(22)24)13(5)16(25-18)17(23)21-15-11(3)7-10(2)8-12(15)4/h7-9H,6H2,1-5H3,(H,21,23). The maximum Gasteiger partial charge on any atom is 0.266 e. The normalized spacial score (nSPS) is 11.1. The van der Waals surface area contributed by atoms with Crippen molar-refractivity contribution in [2.45, 2.75) is 41.2 Å². The highest BCUT2D eigenvalue weighted by molar-refractivity contribution is 7.20. The largest absolute Gasteiger partial charge is 0.321 e. The number of amides is 1. The first-order chi connectivity index (χ1) is 11.8. The van der Waals surface area contributed by atoms with Gasteiger partial charge in [-0.2, -0.15) is 0 Å². The van der Waals surface area contributed by atoms with Crippen molar-refractivity contribution in [3.63, 3.8) is 0 Å². The molecule has 1 N–H and O–H groups in total. The molecule has 6 heteroatoms. The molecule has 130 valence electrons. The Hall–Kier alpha value is -2.47. The van der Waals surface area contributed by atoms with Crippen LogP contribution in [0.4, 0.5) is 5.69 Å². The molecule has 0 fully saturated rings. The number of nitrogens with zero attached hydrogens (tertiary/aromatic N) is 2. The molecule has 2 heterocycles. The molecular formula is C19H21N3O2S. The first-order valence-corrected chi connectivity index (χ1v) is 9.02. The van der Waals surface area contributed by atoms with Gasteiger partial charge in [0.15, 0.2) is 0 Å². The van der Waals surface area contributed by atoms with Crippen LogP contribution >= 0.6 is 11.3 Å². The number of hydrogen-bond donors (Lipinski definition) is 1. The smallest absolute Gasteiger partial charge is 0.266 e. The van der Waals surface area contributed by atoms with Crippen molar-refractivity contribution >= 4 is 33.1 Å². The number of benzene rings is 1. The Bertz CT molecular complexity index is 1020. The number of carbonyl (C=O) groups is 1. The highest BCUT2D eigenvalue weighted by atomic mass is 32.1. The van der Waals surface area contributed by atoms with E-state index in [1.165, 1.54) is 17.7 Å². The van der Waals surface area contributed by atoms with Gasteiger partial charge in [0.2, 0.25) is 0 Å². The van der Waals surface area contributed by atoms with Crippen molar-refractivity contribution in [3.05, 3.63) is 55.9 Å². The third-order valence-electron chi connectivity index (χ3n) is 4.38. The van der Waals surface area contributed by atoms with E-state index in [1.807, 2.05) is 46.8 Å². The number of aryl methyl sites for hydroxylation is 5. The number of fused-ring (bicyclic) bond motifs is 1. The van der Waals surface area contributed by atoms with Crippen LogP contribution in [0.15, 0.2) is 23.3 Å². The Morgan fingerprint density at radius 1 is 1.20 bits per heavy atom. The maximum absolute atomic E-state index is 12.8. The molecule has 0 radical (unpaired) electrons. The molecule has 1 amide bonds. The summed E-state index contributed by atoms with van der Waals surface area (Å²) in [5.41, 5.74) is 4.64. The quantitative estimate of drug-likeness (QED) is 0.773. The highest BCUT2D eigenvalue weighted by Crippen LogP contribution is 2.29. The van der Waals surface area contributed by atoms with E-state index in [0.717, 1.165) is 22.4 Å². The van der Waals surface area contributed by atoms with E-state index in [-0.39, 0.29) is 11.5 Å². The van der Waals surface area contributed by atoms with Crippen LogP contribution < -0.4 is 10.9 Å². The van der Waals surface area contributed by atoms with E-state index in [4.69, 9.17) is 0 Å². The van der Waals surface area contributed by atoms with Gasteiger partial charge < -0.3 is 5.32 Å². The monoisotopic (exact) mass is 355 g/mol. The number of aromatic nitrogens is 2. The lowest BCUT2D eigenvalue weighted by molar-refractivity contribution is 0.103. The summed E-state index contributed by atoms with van der Waals surface area (Å²) >= 11 is 1.26. The fourth-order valence-corrected chi connectivity index (χ4v) is 4.18. The van der Waals surface area contributed by atoms with E-state index in [9.17, 15) is 9.59 Å². The van der Waals surface area contributed by atoms with Gasteiger partial charge in [0.25, 0.3) is 11.5 Å². The second-order valence-corrected chi connectivity index (χ2v) is 7.30. The number of carbonyl (C=O) groups excluding carboxylic acids is 1. The highest BCUT2D eigenvalue weighted by Gasteiger charge is 2.20. The van der Waals surface area contributed by atoms with Crippen LogP contribution in [-0.4, -0.2) is 15.5 Å². The van der Waals surface area contributed by atoms with Crippen molar-refractivity contribution in [3.8, 4) is 0 Å². The second kappa shape index (κ2) is 6.44. The molecule has 25 heavy (non-hydrogen) atoms. The third-order valence-corrected chi connectivity index (χ3v) is 5.58. The van der Waals surface area contributed by atoms with Gasteiger partial charge >= 0.3 is 0 Å². The topological polar surface area (TPSA) is 64.0 Å². The summed E-state index contributed by atoms with van der Waals surface area (Å²) in [7, 11) is 0. The molecule has 0 bridgehead atoms. The van der Waals surface area contributed by atoms with Crippen LogP contribution in [-0.2, 0) is 6.54 Å². The Morgan fingerprint density at radius 2 is 1.84 bits per heavy atom. The van der Waals surface area contributed by atoms with Crippen LogP contribution in [0.3, 0.4) is 0 Å².